The van der Waals surface area contributed by atoms with Crippen molar-refractivity contribution in [2.75, 3.05) is 0 Å². The fourth-order valence-corrected chi connectivity index (χ4v) is 6.55. The number of rotatable bonds is 26. The van der Waals surface area contributed by atoms with Gasteiger partial charge in [-0.2, -0.15) is 0 Å². The predicted molar refractivity (Wildman–Crippen MR) is 166 cm³/mol. The summed E-state index contributed by atoms with van der Waals surface area (Å²) >= 11 is 0. The lowest BCUT2D eigenvalue weighted by Crippen LogP contribution is -2.31. The average molecular weight is 595 g/mol. The van der Waals surface area contributed by atoms with Gasteiger partial charge in [0.15, 0.2) is 0 Å². The number of carbonyl (C=O) groups excluding carboxylic acids is 3. The Morgan fingerprint density at radius 1 is 0.762 bits per heavy atom. The number of carbonyl (C=O) groups is 3. The highest BCUT2D eigenvalue weighted by atomic mass is 16.6. The standard InChI is InChI=1S/C35H62O7/c1-3-4-5-6-7-8-9-10-11-14-21-31(38)33-23-24-34(42-33)32(39)22-15-12-13-18-29(37)19-16-17-20-30-26-28(25-27(2)36)35(40)41-30/h28,30-34,38-39H,3-26H2,1-2H3/t28?,30?,31?,32-,33?,34-/m0/s1. The van der Waals surface area contributed by atoms with Crippen molar-refractivity contribution >= 4 is 17.5 Å². The third-order valence-electron chi connectivity index (χ3n) is 9.18. The average Bonchev–Trinajstić information content (AvgIpc) is 3.58. The van der Waals surface area contributed by atoms with Crippen LogP contribution in [0.5, 0.6) is 0 Å². The lowest BCUT2D eigenvalue weighted by Gasteiger charge is -2.22. The molecule has 7 heteroatoms. The second-order valence-corrected chi connectivity index (χ2v) is 13.2. The predicted octanol–water partition coefficient (Wildman–Crippen LogP) is 7.56. The molecule has 0 aromatic heterocycles. The molecule has 2 N–H and O–H groups in total. The first-order chi connectivity index (χ1) is 20.3. The summed E-state index contributed by atoms with van der Waals surface area (Å²) in [5.74, 6) is -0.261. The zero-order chi connectivity index (χ0) is 30.6. The van der Waals surface area contributed by atoms with Gasteiger partial charge >= 0.3 is 5.97 Å². The van der Waals surface area contributed by atoms with Crippen LogP contribution < -0.4 is 0 Å². The molecule has 2 heterocycles. The van der Waals surface area contributed by atoms with E-state index in [4.69, 9.17) is 9.47 Å². The lowest BCUT2D eigenvalue weighted by molar-refractivity contribution is -0.145. The molecule has 0 aromatic carbocycles. The van der Waals surface area contributed by atoms with Crippen LogP contribution in [0.1, 0.15) is 168 Å². The number of cyclic esters (lactones) is 1. The van der Waals surface area contributed by atoms with Gasteiger partial charge in [0.25, 0.3) is 0 Å². The van der Waals surface area contributed by atoms with Gasteiger partial charge in [0.05, 0.1) is 30.3 Å². The molecule has 0 aliphatic carbocycles. The third-order valence-corrected chi connectivity index (χ3v) is 9.18. The van der Waals surface area contributed by atoms with Crippen LogP contribution >= 0.6 is 0 Å². The van der Waals surface area contributed by atoms with Gasteiger partial charge in [-0.05, 0) is 64.7 Å². The first kappa shape index (κ1) is 36.9. The molecule has 2 rings (SSSR count). The molecule has 6 atom stereocenters. The van der Waals surface area contributed by atoms with Gasteiger partial charge in [-0.3, -0.25) is 9.59 Å². The maximum atomic E-state index is 12.2. The Morgan fingerprint density at radius 2 is 1.26 bits per heavy atom. The Morgan fingerprint density at radius 3 is 1.81 bits per heavy atom. The molecule has 2 aliphatic heterocycles. The fraction of sp³-hybridized carbons (Fsp3) is 0.914. The molecule has 7 nitrogen and oxygen atoms in total. The van der Waals surface area contributed by atoms with Gasteiger partial charge in [0, 0.05) is 19.3 Å². The minimum absolute atomic E-state index is 0.0167. The highest BCUT2D eigenvalue weighted by Gasteiger charge is 2.35. The van der Waals surface area contributed by atoms with E-state index in [9.17, 15) is 24.6 Å². The fourth-order valence-electron chi connectivity index (χ4n) is 6.55. The first-order valence-electron chi connectivity index (χ1n) is 17.5. The Balaban J connectivity index is 1.41. The topological polar surface area (TPSA) is 110 Å². The van der Waals surface area contributed by atoms with E-state index in [0.717, 1.165) is 64.2 Å². The van der Waals surface area contributed by atoms with Crippen LogP contribution in [0.2, 0.25) is 0 Å². The van der Waals surface area contributed by atoms with Crippen molar-refractivity contribution in [2.45, 2.75) is 198 Å². The summed E-state index contributed by atoms with van der Waals surface area (Å²) in [6, 6.07) is 0. The Kier molecular flexibility index (Phi) is 19.5. The van der Waals surface area contributed by atoms with Crippen molar-refractivity contribution in [3.05, 3.63) is 0 Å². The number of ether oxygens (including phenoxy) is 2. The zero-order valence-corrected chi connectivity index (χ0v) is 26.9. The Hall–Kier alpha value is -1.31. The summed E-state index contributed by atoms with van der Waals surface area (Å²) in [6.07, 6.45) is 21.6. The van der Waals surface area contributed by atoms with Crippen LogP contribution in [0.3, 0.4) is 0 Å². The van der Waals surface area contributed by atoms with Crippen LogP contribution in [-0.2, 0) is 23.9 Å². The minimum Gasteiger partial charge on any atom is -0.462 e. The molecule has 0 spiro atoms. The van der Waals surface area contributed by atoms with Gasteiger partial charge in [0.1, 0.15) is 17.7 Å². The van der Waals surface area contributed by atoms with Crippen molar-refractivity contribution in [3.63, 3.8) is 0 Å². The molecule has 2 aliphatic rings. The van der Waals surface area contributed by atoms with E-state index >= 15 is 0 Å². The second kappa shape index (κ2) is 22.2. The van der Waals surface area contributed by atoms with E-state index in [1.54, 1.807) is 0 Å². The van der Waals surface area contributed by atoms with Crippen LogP contribution in [0.4, 0.5) is 0 Å². The molecule has 0 saturated carbocycles. The molecule has 42 heavy (non-hydrogen) atoms. The lowest BCUT2D eigenvalue weighted by atomic mass is 9.96. The van der Waals surface area contributed by atoms with E-state index in [0.29, 0.717) is 25.7 Å². The highest BCUT2D eigenvalue weighted by Crippen LogP contribution is 2.29. The summed E-state index contributed by atoms with van der Waals surface area (Å²) in [7, 11) is 0. The van der Waals surface area contributed by atoms with Crippen LogP contribution in [0.15, 0.2) is 0 Å². The largest absolute Gasteiger partial charge is 0.462 e. The van der Waals surface area contributed by atoms with Gasteiger partial charge in [-0.15, -0.1) is 0 Å². The van der Waals surface area contributed by atoms with E-state index < -0.39 is 12.2 Å². The van der Waals surface area contributed by atoms with Crippen molar-refractivity contribution < 1.29 is 34.1 Å². The Bertz CT molecular complexity index is 754. The molecule has 0 radical (unpaired) electrons. The summed E-state index contributed by atoms with van der Waals surface area (Å²) in [4.78, 5) is 35.3. The van der Waals surface area contributed by atoms with Gasteiger partial charge in [0.2, 0.25) is 0 Å². The number of aliphatic hydroxyl groups is 2. The number of hydrogen-bond acceptors (Lipinski definition) is 7. The normalized spacial score (nSPS) is 23.7. The number of ketones is 2. The highest BCUT2D eigenvalue weighted by molar-refractivity contribution is 5.83. The maximum Gasteiger partial charge on any atom is 0.309 e. The summed E-state index contributed by atoms with van der Waals surface area (Å²) in [6.45, 7) is 3.75. The number of aliphatic hydroxyl groups excluding tert-OH is 2. The third kappa shape index (κ3) is 16.0. The van der Waals surface area contributed by atoms with Gasteiger partial charge in [-0.25, -0.2) is 0 Å². The SMILES string of the molecule is CCCCCCCCCCCCC(O)C1CC[C@@H]([C@@H](O)CCCCCC(=O)CCCCC2CC(CC(C)=O)C(=O)O2)O1. The quantitative estimate of drug-likeness (QED) is 0.0785. The summed E-state index contributed by atoms with van der Waals surface area (Å²) < 4.78 is 11.4. The molecule has 2 saturated heterocycles. The van der Waals surface area contributed by atoms with Crippen LogP contribution in [-0.4, -0.2) is 58.3 Å². The van der Waals surface area contributed by atoms with E-state index in [1.807, 2.05) is 0 Å². The molecule has 244 valence electrons. The van der Waals surface area contributed by atoms with E-state index in [1.165, 1.54) is 64.7 Å². The zero-order valence-electron chi connectivity index (χ0n) is 26.9. The Labute approximate surface area is 255 Å². The minimum atomic E-state index is -0.505. The summed E-state index contributed by atoms with van der Waals surface area (Å²) in [5, 5.41) is 21.2. The smallest absolute Gasteiger partial charge is 0.309 e. The molecular formula is C35H62O7. The molecule has 2 fully saturated rings. The van der Waals surface area contributed by atoms with E-state index in [2.05, 4.69) is 6.92 Å². The number of esters is 1. The van der Waals surface area contributed by atoms with Crippen molar-refractivity contribution in [1.82, 2.24) is 0 Å². The van der Waals surface area contributed by atoms with Gasteiger partial charge in [-0.1, -0.05) is 84.0 Å². The number of hydrogen-bond donors (Lipinski definition) is 2. The van der Waals surface area contributed by atoms with Crippen LogP contribution in [0.25, 0.3) is 0 Å². The second-order valence-electron chi connectivity index (χ2n) is 13.2. The molecule has 0 amide bonds. The van der Waals surface area contributed by atoms with Crippen molar-refractivity contribution in [1.29, 1.82) is 0 Å². The van der Waals surface area contributed by atoms with Gasteiger partial charge < -0.3 is 24.5 Å². The van der Waals surface area contributed by atoms with Crippen LogP contribution in [0, 0.1) is 5.92 Å². The molecule has 4 unspecified atom stereocenters. The molecular weight excluding hydrogens is 532 g/mol. The number of Topliss-reactive ketones (excluding diaryl/α,β-unsaturated/α-hetero) is 2. The van der Waals surface area contributed by atoms with Crippen molar-refractivity contribution in [2.24, 2.45) is 5.92 Å². The maximum absolute atomic E-state index is 12.2. The van der Waals surface area contributed by atoms with Crippen molar-refractivity contribution in [3.8, 4) is 0 Å². The monoisotopic (exact) mass is 594 g/mol. The summed E-state index contributed by atoms with van der Waals surface area (Å²) in [5.41, 5.74) is 0. The number of unbranched alkanes of at least 4 members (excludes halogenated alkanes) is 12. The van der Waals surface area contributed by atoms with E-state index in [-0.39, 0.29) is 48.2 Å². The first-order valence-corrected chi connectivity index (χ1v) is 17.5. The molecule has 0 aromatic rings. The molecule has 0 bridgehead atoms.